The summed E-state index contributed by atoms with van der Waals surface area (Å²) in [4.78, 5) is 0. The maximum atomic E-state index is 9.22. The Hall–Kier alpha value is -0.0800. The summed E-state index contributed by atoms with van der Waals surface area (Å²) in [6.07, 6.45) is 5.04. The van der Waals surface area contributed by atoms with Crippen molar-refractivity contribution >= 4 is 0 Å². The molecular weight excluding hydrogens is 152 g/mol. The average Bonchev–Trinajstić information content (AvgIpc) is 2.13. The van der Waals surface area contributed by atoms with E-state index in [1.165, 1.54) is 0 Å². The van der Waals surface area contributed by atoms with E-state index in [0.29, 0.717) is 0 Å². The molecule has 0 bridgehead atoms. The van der Waals surface area contributed by atoms with Crippen LogP contribution in [0.1, 0.15) is 46.0 Å². The van der Waals surface area contributed by atoms with Crippen LogP contribution in [0.15, 0.2) is 0 Å². The number of hydrogen-bond acceptors (Lipinski definition) is 2. The van der Waals surface area contributed by atoms with Crippen molar-refractivity contribution in [2.45, 2.75) is 46.0 Å². The van der Waals surface area contributed by atoms with E-state index in [4.69, 9.17) is 5.11 Å². The Labute approximate surface area is 75.6 Å². The van der Waals surface area contributed by atoms with Gasteiger partial charge >= 0.3 is 0 Å². The van der Waals surface area contributed by atoms with E-state index in [1.54, 1.807) is 0 Å². The fraction of sp³-hybridized carbons (Fsp3) is 1.00. The van der Waals surface area contributed by atoms with E-state index < -0.39 is 0 Å². The summed E-state index contributed by atoms with van der Waals surface area (Å²) >= 11 is 0. The Morgan fingerprint density at radius 1 is 1.08 bits per heavy atom. The van der Waals surface area contributed by atoms with Crippen LogP contribution in [0, 0.1) is 5.41 Å². The van der Waals surface area contributed by atoms with Gasteiger partial charge in [-0.3, -0.25) is 0 Å². The Bertz CT molecular complexity index is 98.0. The molecule has 0 aliphatic carbocycles. The Morgan fingerprint density at radius 3 is 2.08 bits per heavy atom. The Kier molecular flexibility index (Phi) is 6.39. The molecule has 2 nitrogen and oxygen atoms in total. The number of aliphatic hydroxyl groups is 2. The summed E-state index contributed by atoms with van der Waals surface area (Å²) in [5.74, 6) is 0. The maximum absolute atomic E-state index is 9.22. The van der Waals surface area contributed by atoms with E-state index in [9.17, 15) is 5.11 Å². The van der Waals surface area contributed by atoms with E-state index >= 15 is 0 Å². The first kappa shape index (κ1) is 11.9. The van der Waals surface area contributed by atoms with Crippen LogP contribution in [0.5, 0.6) is 0 Å². The lowest BCUT2D eigenvalue weighted by Gasteiger charge is -2.29. The van der Waals surface area contributed by atoms with Gasteiger partial charge < -0.3 is 10.2 Å². The highest BCUT2D eigenvalue weighted by Crippen LogP contribution is 2.31. The third-order valence-corrected chi connectivity index (χ3v) is 2.79. The first-order chi connectivity index (χ1) is 5.74. The normalized spacial score (nSPS) is 16.0. The third-order valence-electron chi connectivity index (χ3n) is 2.79. The van der Waals surface area contributed by atoms with E-state index in [0.717, 1.165) is 32.1 Å². The van der Waals surface area contributed by atoms with Crippen LogP contribution in [0.2, 0.25) is 0 Å². The van der Waals surface area contributed by atoms with Crippen LogP contribution >= 0.6 is 0 Å². The molecule has 2 N–H and O–H groups in total. The molecule has 0 aromatic rings. The van der Waals surface area contributed by atoms with Crippen molar-refractivity contribution in [3.63, 3.8) is 0 Å². The van der Waals surface area contributed by atoms with Crippen LogP contribution in [0.3, 0.4) is 0 Å². The number of hydrogen-bond donors (Lipinski definition) is 2. The molecule has 12 heavy (non-hydrogen) atoms. The topological polar surface area (TPSA) is 40.5 Å². The lowest BCUT2D eigenvalue weighted by atomic mass is 9.78. The van der Waals surface area contributed by atoms with Crippen molar-refractivity contribution in [2.75, 3.05) is 13.2 Å². The van der Waals surface area contributed by atoms with E-state index in [2.05, 4.69) is 13.8 Å². The van der Waals surface area contributed by atoms with Gasteiger partial charge in [-0.25, -0.2) is 0 Å². The summed E-state index contributed by atoms with van der Waals surface area (Å²) in [5.41, 5.74) is -0.00917. The zero-order chi connectivity index (χ0) is 9.45. The van der Waals surface area contributed by atoms with E-state index in [1.807, 2.05) is 0 Å². The minimum absolute atomic E-state index is 0.00917. The molecule has 1 atom stereocenters. The van der Waals surface area contributed by atoms with Gasteiger partial charge in [0.1, 0.15) is 0 Å². The summed E-state index contributed by atoms with van der Waals surface area (Å²) < 4.78 is 0. The molecule has 0 saturated heterocycles. The van der Waals surface area contributed by atoms with Crippen molar-refractivity contribution in [3.05, 3.63) is 0 Å². The lowest BCUT2D eigenvalue weighted by molar-refractivity contribution is 0.0758. The van der Waals surface area contributed by atoms with Gasteiger partial charge in [0, 0.05) is 13.2 Å². The average molecular weight is 174 g/mol. The van der Waals surface area contributed by atoms with Crippen LogP contribution < -0.4 is 0 Å². The number of aliphatic hydroxyl groups excluding tert-OH is 2. The largest absolute Gasteiger partial charge is 0.396 e. The summed E-state index contributed by atoms with van der Waals surface area (Å²) in [5, 5.41) is 18.1. The van der Waals surface area contributed by atoms with Crippen molar-refractivity contribution in [2.24, 2.45) is 5.41 Å². The molecule has 0 spiro atoms. The molecule has 0 aromatic carbocycles. The lowest BCUT2D eigenvalue weighted by Crippen LogP contribution is -2.25. The molecular formula is C10H22O2. The summed E-state index contributed by atoms with van der Waals surface area (Å²) in [6, 6.07) is 0. The fourth-order valence-corrected chi connectivity index (χ4v) is 1.54. The van der Waals surface area contributed by atoms with Crippen molar-refractivity contribution in [1.82, 2.24) is 0 Å². The molecule has 0 heterocycles. The van der Waals surface area contributed by atoms with Gasteiger partial charge in [0.15, 0.2) is 0 Å². The highest BCUT2D eigenvalue weighted by molar-refractivity contribution is 4.76. The van der Waals surface area contributed by atoms with Gasteiger partial charge in [0.25, 0.3) is 0 Å². The maximum Gasteiger partial charge on any atom is 0.0488 e. The zero-order valence-electron chi connectivity index (χ0n) is 8.34. The van der Waals surface area contributed by atoms with Gasteiger partial charge in [0.05, 0.1) is 0 Å². The van der Waals surface area contributed by atoms with Gasteiger partial charge in [-0.05, 0) is 24.7 Å². The number of rotatable bonds is 7. The summed E-state index contributed by atoms with van der Waals surface area (Å²) in [6.45, 7) is 4.64. The first-order valence-electron chi connectivity index (χ1n) is 4.96. The van der Waals surface area contributed by atoms with Crippen molar-refractivity contribution < 1.29 is 10.2 Å². The van der Waals surface area contributed by atoms with Crippen molar-refractivity contribution in [3.8, 4) is 0 Å². The molecule has 0 rings (SSSR count). The predicted molar refractivity (Wildman–Crippen MR) is 51.0 cm³/mol. The van der Waals surface area contributed by atoms with Gasteiger partial charge in [-0.1, -0.05) is 26.7 Å². The fourth-order valence-electron chi connectivity index (χ4n) is 1.54. The quantitative estimate of drug-likeness (QED) is 0.619. The molecule has 0 aromatic heterocycles. The molecule has 0 aliphatic heterocycles. The van der Waals surface area contributed by atoms with Crippen LogP contribution in [0.4, 0.5) is 0 Å². The molecule has 2 heteroatoms. The predicted octanol–water partition coefficient (Wildman–Crippen LogP) is 1.95. The molecule has 1 unspecified atom stereocenters. The van der Waals surface area contributed by atoms with Gasteiger partial charge in [0.2, 0.25) is 0 Å². The Balaban J connectivity index is 3.95. The summed E-state index contributed by atoms with van der Waals surface area (Å²) in [7, 11) is 0. The SMILES string of the molecule is CCCCC(CC)(CO)CCO. The smallest absolute Gasteiger partial charge is 0.0488 e. The molecule has 0 radical (unpaired) electrons. The standard InChI is InChI=1S/C10H22O2/c1-3-5-6-10(4-2,9-12)7-8-11/h11-12H,3-9H2,1-2H3. The second kappa shape index (κ2) is 6.44. The molecule has 0 saturated carbocycles. The Morgan fingerprint density at radius 2 is 1.75 bits per heavy atom. The molecule has 0 fully saturated rings. The van der Waals surface area contributed by atoms with Gasteiger partial charge in [-0.2, -0.15) is 0 Å². The first-order valence-corrected chi connectivity index (χ1v) is 4.96. The monoisotopic (exact) mass is 174 g/mol. The second-order valence-electron chi connectivity index (χ2n) is 3.59. The third kappa shape index (κ3) is 3.55. The van der Waals surface area contributed by atoms with Crippen LogP contribution in [-0.2, 0) is 0 Å². The minimum Gasteiger partial charge on any atom is -0.396 e. The molecule has 0 amide bonds. The highest BCUT2D eigenvalue weighted by atomic mass is 16.3. The number of unbranched alkanes of at least 4 members (excludes halogenated alkanes) is 1. The zero-order valence-corrected chi connectivity index (χ0v) is 8.34. The highest BCUT2D eigenvalue weighted by Gasteiger charge is 2.25. The van der Waals surface area contributed by atoms with Crippen LogP contribution in [-0.4, -0.2) is 23.4 Å². The van der Waals surface area contributed by atoms with E-state index in [-0.39, 0.29) is 18.6 Å². The minimum atomic E-state index is -0.00917. The molecule has 0 aliphatic rings. The van der Waals surface area contributed by atoms with Crippen LogP contribution in [0.25, 0.3) is 0 Å². The molecule has 74 valence electrons. The van der Waals surface area contributed by atoms with Gasteiger partial charge in [-0.15, -0.1) is 0 Å². The van der Waals surface area contributed by atoms with Crippen molar-refractivity contribution in [1.29, 1.82) is 0 Å². The second-order valence-corrected chi connectivity index (χ2v) is 3.59.